The van der Waals surface area contributed by atoms with Crippen LogP contribution in [0.25, 0.3) is 0 Å². The number of carbonyl (C=O) groups is 2. The van der Waals surface area contributed by atoms with E-state index in [0.29, 0.717) is 45.0 Å². The maximum atomic E-state index is 12.5. The first-order valence-corrected chi connectivity index (χ1v) is 10.0. The second-order valence-electron chi connectivity index (χ2n) is 5.81. The molecule has 0 unspecified atom stereocenters. The molecule has 0 saturated carbocycles. The molecule has 27 heavy (non-hydrogen) atoms. The van der Waals surface area contributed by atoms with Crippen molar-refractivity contribution in [2.24, 2.45) is 0 Å². The summed E-state index contributed by atoms with van der Waals surface area (Å²) >= 11 is 0. The van der Waals surface area contributed by atoms with E-state index in [-0.39, 0.29) is 29.8 Å². The van der Waals surface area contributed by atoms with E-state index < -0.39 is 10.0 Å². The predicted octanol–water partition coefficient (Wildman–Crippen LogP) is 0.156. The Morgan fingerprint density at radius 3 is 2.48 bits per heavy atom. The van der Waals surface area contributed by atoms with Crippen LogP contribution < -0.4 is 10.1 Å². The largest absolute Gasteiger partial charge is 0.484 e. The van der Waals surface area contributed by atoms with Gasteiger partial charge in [0.1, 0.15) is 5.75 Å². The summed E-state index contributed by atoms with van der Waals surface area (Å²) in [4.78, 5) is 22.8. The normalized spacial score (nSPS) is 15.1. The molecular formula is C17H24N2O7S. The Morgan fingerprint density at radius 2 is 1.85 bits per heavy atom. The zero-order valence-corrected chi connectivity index (χ0v) is 16.0. The number of amides is 1. The van der Waals surface area contributed by atoms with Crippen molar-refractivity contribution >= 4 is 21.9 Å². The van der Waals surface area contributed by atoms with Crippen molar-refractivity contribution in [1.29, 1.82) is 0 Å². The number of hydrogen-bond acceptors (Lipinski definition) is 7. The molecule has 1 N–H and O–H groups in total. The first kappa shape index (κ1) is 21.1. The Hall–Kier alpha value is -2.17. The first-order valence-electron chi connectivity index (χ1n) is 8.58. The summed E-state index contributed by atoms with van der Waals surface area (Å²) in [7, 11) is -2.24. The Balaban J connectivity index is 1.78. The van der Waals surface area contributed by atoms with Gasteiger partial charge in [-0.15, -0.1) is 0 Å². The molecular weight excluding hydrogens is 376 g/mol. The summed E-state index contributed by atoms with van der Waals surface area (Å²) < 4.78 is 41.4. The van der Waals surface area contributed by atoms with E-state index in [1.54, 1.807) is 0 Å². The van der Waals surface area contributed by atoms with Gasteiger partial charge in [-0.25, -0.2) is 8.42 Å². The standard InChI is InChI=1S/C17H24N2O7S/c1-24-17(21)3-2-8-18-16(20)13-26-14-4-6-15(7-5-14)27(22,23)19-9-11-25-12-10-19/h4-7H,2-3,8-13H2,1H3,(H,18,20). The van der Waals surface area contributed by atoms with Crippen LogP contribution in [0, 0.1) is 0 Å². The average Bonchev–Trinajstić information content (AvgIpc) is 2.70. The van der Waals surface area contributed by atoms with Crippen molar-refractivity contribution in [3.63, 3.8) is 0 Å². The van der Waals surface area contributed by atoms with E-state index in [1.807, 2.05) is 0 Å². The minimum absolute atomic E-state index is 0.170. The molecule has 2 rings (SSSR count). The lowest BCUT2D eigenvalue weighted by Gasteiger charge is -2.26. The third-order valence-electron chi connectivity index (χ3n) is 3.91. The average molecular weight is 400 g/mol. The molecule has 1 saturated heterocycles. The van der Waals surface area contributed by atoms with Crippen LogP contribution in [0.3, 0.4) is 0 Å². The number of ether oxygens (including phenoxy) is 3. The number of nitrogens with zero attached hydrogens (tertiary/aromatic N) is 1. The van der Waals surface area contributed by atoms with Gasteiger partial charge in [-0.3, -0.25) is 9.59 Å². The van der Waals surface area contributed by atoms with Crippen LogP contribution >= 0.6 is 0 Å². The van der Waals surface area contributed by atoms with Crippen LogP contribution in [-0.2, 0) is 29.1 Å². The molecule has 1 fully saturated rings. The van der Waals surface area contributed by atoms with Gasteiger partial charge in [0, 0.05) is 26.1 Å². The summed E-state index contributed by atoms with van der Waals surface area (Å²) in [5.74, 6) is -0.266. The van der Waals surface area contributed by atoms with E-state index in [9.17, 15) is 18.0 Å². The molecule has 0 spiro atoms. The number of nitrogens with one attached hydrogen (secondary N) is 1. The van der Waals surface area contributed by atoms with Crippen LogP contribution in [0.5, 0.6) is 5.75 Å². The van der Waals surface area contributed by atoms with Gasteiger partial charge in [-0.1, -0.05) is 0 Å². The van der Waals surface area contributed by atoms with Gasteiger partial charge in [0.25, 0.3) is 5.91 Å². The quantitative estimate of drug-likeness (QED) is 0.464. The molecule has 1 aliphatic heterocycles. The second-order valence-corrected chi connectivity index (χ2v) is 7.74. The van der Waals surface area contributed by atoms with Crippen LogP contribution in [0.15, 0.2) is 29.2 Å². The number of benzene rings is 1. The molecule has 1 aliphatic rings. The fourth-order valence-corrected chi connectivity index (χ4v) is 3.81. The highest BCUT2D eigenvalue weighted by Gasteiger charge is 2.26. The Bertz CT molecular complexity index is 728. The molecule has 0 radical (unpaired) electrons. The number of methoxy groups -OCH3 is 1. The smallest absolute Gasteiger partial charge is 0.305 e. The fourth-order valence-electron chi connectivity index (χ4n) is 2.41. The fraction of sp³-hybridized carbons (Fsp3) is 0.529. The molecule has 0 bridgehead atoms. The molecule has 150 valence electrons. The van der Waals surface area contributed by atoms with Gasteiger partial charge in [-0.2, -0.15) is 4.31 Å². The van der Waals surface area contributed by atoms with Crippen LogP contribution in [-0.4, -0.2) is 71.2 Å². The van der Waals surface area contributed by atoms with Crippen LogP contribution in [0.4, 0.5) is 0 Å². The summed E-state index contributed by atoms with van der Waals surface area (Å²) in [6.07, 6.45) is 0.712. The topological polar surface area (TPSA) is 111 Å². The second kappa shape index (κ2) is 10.2. The molecule has 1 aromatic rings. The lowest BCUT2D eigenvalue weighted by atomic mass is 10.3. The molecule has 0 atom stereocenters. The minimum atomic E-state index is -3.55. The monoisotopic (exact) mass is 400 g/mol. The third kappa shape index (κ3) is 6.49. The highest BCUT2D eigenvalue weighted by atomic mass is 32.2. The van der Waals surface area contributed by atoms with Gasteiger partial charge < -0.3 is 19.5 Å². The number of carbonyl (C=O) groups excluding carboxylic acids is 2. The highest BCUT2D eigenvalue weighted by Crippen LogP contribution is 2.20. The summed E-state index contributed by atoms with van der Waals surface area (Å²) in [5.41, 5.74) is 0. The molecule has 9 nitrogen and oxygen atoms in total. The van der Waals surface area contributed by atoms with Crippen molar-refractivity contribution in [3.05, 3.63) is 24.3 Å². The number of rotatable bonds is 9. The molecule has 1 amide bonds. The van der Waals surface area contributed by atoms with Crippen molar-refractivity contribution < 1.29 is 32.2 Å². The summed E-state index contributed by atoms with van der Waals surface area (Å²) in [6.45, 7) is 1.57. The van der Waals surface area contributed by atoms with Crippen molar-refractivity contribution in [2.45, 2.75) is 17.7 Å². The third-order valence-corrected chi connectivity index (χ3v) is 5.82. The summed E-state index contributed by atoms with van der Waals surface area (Å²) in [5, 5.41) is 2.62. The van der Waals surface area contributed by atoms with E-state index >= 15 is 0 Å². The number of sulfonamides is 1. The van der Waals surface area contributed by atoms with Crippen molar-refractivity contribution in [1.82, 2.24) is 9.62 Å². The van der Waals surface area contributed by atoms with Gasteiger partial charge in [0.05, 0.1) is 25.2 Å². The molecule has 1 heterocycles. The van der Waals surface area contributed by atoms with Crippen LogP contribution in [0.2, 0.25) is 0 Å². The number of morpholine rings is 1. The van der Waals surface area contributed by atoms with Crippen molar-refractivity contribution in [2.75, 3.05) is 46.6 Å². The number of hydrogen-bond donors (Lipinski definition) is 1. The Kier molecular flexibility index (Phi) is 8.01. The Morgan fingerprint density at radius 1 is 1.19 bits per heavy atom. The molecule has 1 aromatic carbocycles. The minimum Gasteiger partial charge on any atom is -0.484 e. The van der Waals surface area contributed by atoms with E-state index in [1.165, 1.54) is 35.7 Å². The van der Waals surface area contributed by atoms with Gasteiger partial charge in [0.15, 0.2) is 6.61 Å². The molecule has 0 aliphatic carbocycles. The zero-order valence-electron chi connectivity index (χ0n) is 15.2. The van der Waals surface area contributed by atoms with Gasteiger partial charge >= 0.3 is 5.97 Å². The summed E-state index contributed by atoms with van der Waals surface area (Å²) in [6, 6.07) is 5.93. The molecule has 0 aromatic heterocycles. The van der Waals surface area contributed by atoms with E-state index in [0.717, 1.165) is 0 Å². The first-order chi connectivity index (χ1) is 12.9. The van der Waals surface area contributed by atoms with Gasteiger partial charge in [-0.05, 0) is 30.7 Å². The lowest BCUT2D eigenvalue weighted by Crippen LogP contribution is -2.40. The lowest BCUT2D eigenvalue weighted by molar-refractivity contribution is -0.140. The number of esters is 1. The van der Waals surface area contributed by atoms with E-state index in [4.69, 9.17) is 9.47 Å². The predicted molar refractivity (Wildman–Crippen MR) is 95.8 cm³/mol. The van der Waals surface area contributed by atoms with Gasteiger partial charge in [0.2, 0.25) is 10.0 Å². The SMILES string of the molecule is COC(=O)CCCNC(=O)COc1ccc(S(=O)(=O)N2CCOCC2)cc1. The molecule has 10 heteroatoms. The maximum Gasteiger partial charge on any atom is 0.305 e. The van der Waals surface area contributed by atoms with Crippen LogP contribution in [0.1, 0.15) is 12.8 Å². The zero-order chi connectivity index (χ0) is 19.7. The highest BCUT2D eigenvalue weighted by molar-refractivity contribution is 7.89. The maximum absolute atomic E-state index is 12.5. The Labute approximate surface area is 158 Å². The van der Waals surface area contributed by atoms with Crippen molar-refractivity contribution in [3.8, 4) is 5.75 Å². The van der Waals surface area contributed by atoms with E-state index in [2.05, 4.69) is 10.1 Å².